The van der Waals surface area contributed by atoms with Crippen molar-refractivity contribution in [1.29, 1.82) is 0 Å². The van der Waals surface area contributed by atoms with Gasteiger partial charge >= 0.3 is 12.1 Å². The van der Waals surface area contributed by atoms with Crippen LogP contribution in [-0.2, 0) is 19.0 Å². The highest BCUT2D eigenvalue weighted by Gasteiger charge is 2.35. The van der Waals surface area contributed by atoms with Gasteiger partial charge in [0.1, 0.15) is 12.1 Å². The van der Waals surface area contributed by atoms with Crippen LogP contribution in [0.1, 0.15) is 39.0 Å². The molecule has 1 saturated carbocycles. The van der Waals surface area contributed by atoms with Gasteiger partial charge in [0.2, 0.25) is 6.29 Å². The molecule has 2 unspecified atom stereocenters. The van der Waals surface area contributed by atoms with Crippen molar-refractivity contribution in [3.8, 4) is 0 Å². The molecule has 2 atom stereocenters. The van der Waals surface area contributed by atoms with Crippen molar-refractivity contribution >= 4 is 18.3 Å². The number of aliphatic imine (C=N–C) groups is 1. The maximum absolute atomic E-state index is 12.2. The van der Waals surface area contributed by atoms with E-state index in [-0.39, 0.29) is 6.10 Å². The van der Waals surface area contributed by atoms with Gasteiger partial charge in [0.15, 0.2) is 0 Å². The zero-order valence-electron chi connectivity index (χ0n) is 13.8. The molecule has 2 fully saturated rings. The van der Waals surface area contributed by atoms with Gasteiger partial charge in [-0.05, 0) is 25.7 Å². The highest BCUT2D eigenvalue weighted by atomic mass is 16.8. The van der Waals surface area contributed by atoms with Crippen molar-refractivity contribution in [2.45, 2.75) is 57.5 Å². The minimum Gasteiger partial charge on any atom is -0.431 e. The molecular weight excluding hydrogens is 314 g/mol. The van der Waals surface area contributed by atoms with Crippen molar-refractivity contribution in [2.24, 2.45) is 4.99 Å². The fourth-order valence-corrected chi connectivity index (χ4v) is 3.12. The number of rotatable bonds is 4. The van der Waals surface area contributed by atoms with E-state index in [1.54, 1.807) is 12.4 Å². The average molecular weight is 337 g/mol. The molecule has 0 amide bonds. The number of ether oxygens (including phenoxy) is 3. The maximum Gasteiger partial charge on any atom is 0.511 e. The molecule has 0 bridgehead atoms. The fraction of sp³-hybridized carbons (Fsp3) is 0.688. The Morgan fingerprint density at radius 3 is 2.88 bits per heavy atom. The molecule has 1 N–H and O–H groups in total. The highest BCUT2D eigenvalue weighted by Crippen LogP contribution is 2.21. The number of hydrogen-bond donors (Lipinski definition) is 1. The Morgan fingerprint density at radius 1 is 1.29 bits per heavy atom. The molecule has 24 heavy (non-hydrogen) atoms. The number of hydrogen-bond acceptors (Lipinski definition) is 8. The number of carbonyl (C=O) groups excluding carboxylic acids is 2. The molecule has 8 nitrogen and oxygen atoms in total. The lowest BCUT2D eigenvalue weighted by molar-refractivity contribution is -0.170. The van der Waals surface area contributed by atoms with Crippen LogP contribution in [0.2, 0.25) is 0 Å². The van der Waals surface area contributed by atoms with Gasteiger partial charge in [0, 0.05) is 19.3 Å². The van der Waals surface area contributed by atoms with Gasteiger partial charge in [0.05, 0.1) is 18.9 Å². The summed E-state index contributed by atoms with van der Waals surface area (Å²) in [5.41, 5.74) is 0.763. The second-order valence-corrected chi connectivity index (χ2v) is 6.15. The van der Waals surface area contributed by atoms with Crippen LogP contribution in [0.3, 0.4) is 0 Å². The van der Waals surface area contributed by atoms with Gasteiger partial charge in [-0.1, -0.05) is 6.42 Å². The minimum absolute atomic E-state index is 0.0931. The summed E-state index contributed by atoms with van der Waals surface area (Å²) in [6.07, 6.45) is 6.54. The first-order valence-corrected chi connectivity index (χ1v) is 8.41. The minimum atomic E-state index is -1.00. The van der Waals surface area contributed by atoms with E-state index in [0.717, 1.165) is 31.4 Å². The summed E-state index contributed by atoms with van der Waals surface area (Å²) < 4.78 is 15.5. The van der Waals surface area contributed by atoms with Crippen LogP contribution in [-0.4, -0.2) is 54.9 Å². The van der Waals surface area contributed by atoms with Crippen molar-refractivity contribution < 1.29 is 23.8 Å². The molecule has 0 spiro atoms. The SMILES string of the molecule is CC(OC(=O)OC1CCCCC1)OC(=O)C1NCN2CC=NC=C12. The largest absolute Gasteiger partial charge is 0.511 e. The van der Waals surface area contributed by atoms with E-state index in [9.17, 15) is 9.59 Å². The Balaban J connectivity index is 1.45. The average Bonchev–Trinajstić information content (AvgIpc) is 2.99. The predicted molar refractivity (Wildman–Crippen MR) is 85.1 cm³/mol. The number of fused-ring (bicyclic) bond motifs is 1. The van der Waals surface area contributed by atoms with E-state index in [1.807, 2.05) is 4.90 Å². The zero-order chi connectivity index (χ0) is 16.9. The van der Waals surface area contributed by atoms with Crippen LogP contribution in [0.25, 0.3) is 0 Å². The van der Waals surface area contributed by atoms with Crippen LogP contribution in [0.15, 0.2) is 16.9 Å². The predicted octanol–water partition coefficient (Wildman–Crippen LogP) is 1.52. The third kappa shape index (κ3) is 4.05. The number of nitrogens with zero attached hydrogens (tertiary/aromatic N) is 2. The Kier molecular flexibility index (Phi) is 5.34. The molecule has 1 saturated heterocycles. The van der Waals surface area contributed by atoms with E-state index in [1.165, 1.54) is 13.3 Å². The van der Waals surface area contributed by atoms with Gasteiger partial charge in [-0.15, -0.1) is 0 Å². The Bertz CT molecular complexity index is 542. The summed E-state index contributed by atoms with van der Waals surface area (Å²) in [5.74, 6) is -0.501. The Labute approximate surface area is 140 Å². The van der Waals surface area contributed by atoms with Crippen molar-refractivity contribution in [2.75, 3.05) is 13.2 Å². The third-order valence-electron chi connectivity index (χ3n) is 4.36. The molecule has 3 rings (SSSR count). The van der Waals surface area contributed by atoms with Crippen LogP contribution >= 0.6 is 0 Å². The van der Waals surface area contributed by atoms with Crippen LogP contribution in [0.4, 0.5) is 4.79 Å². The molecule has 0 aromatic rings. The molecule has 8 heteroatoms. The molecule has 2 aliphatic heterocycles. The standard InChI is InChI=1S/C16H23N3O5/c1-11(23-16(21)24-12-5-3-2-4-6-12)22-15(20)14-13-9-17-7-8-19(13)10-18-14/h7,9,11-12,14,18H,2-6,8,10H2,1H3. The fourth-order valence-electron chi connectivity index (χ4n) is 3.12. The maximum atomic E-state index is 12.2. The van der Waals surface area contributed by atoms with Gasteiger partial charge in [-0.25, -0.2) is 9.59 Å². The molecule has 0 radical (unpaired) electrons. The Morgan fingerprint density at radius 2 is 2.08 bits per heavy atom. The molecule has 0 aromatic carbocycles. The molecule has 0 aromatic heterocycles. The first-order chi connectivity index (χ1) is 11.6. The molecule has 132 valence electrons. The summed E-state index contributed by atoms with van der Waals surface area (Å²) in [6.45, 7) is 2.71. The van der Waals surface area contributed by atoms with Crippen molar-refractivity contribution in [1.82, 2.24) is 10.2 Å². The van der Waals surface area contributed by atoms with E-state index in [0.29, 0.717) is 13.2 Å². The molecule has 1 aliphatic carbocycles. The van der Waals surface area contributed by atoms with Crippen LogP contribution in [0, 0.1) is 0 Å². The second kappa shape index (κ2) is 7.65. The summed E-state index contributed by atoms with van der Waals surface area (Å²) in [7, 11) is 0. The molecule has 2 heterocycles. The van der Waals surface area contributed by atoms with E-state index in [2.05, 4.69) is 10.3 Å². The lowest BCUT2D eigenvalue weighted by atomic mass is 9.98. The van der Waals surface area contributed by atoms with Gasteiger partial charge < -0.3 is 19.1 Å². The number of esters is 1. The van der Waals surface area contributed by atoms with E-state index < -0.39 is 24.5 Å². The first kappa shape index (κ1) is 16.8. The normalized spacial score (nSPS) is 24.8. The summed E-state index contributed by atoms with van der Waals surface area (Å²) >= 11 is 0. The quantitative estimate of drug-likeness (QED) is 0.614. The highest BCUT2D eigenvalue weighted by molar-refractivity contribution is 5.81. The number of nitrogens with one attached hydrogen (secondary N) is 1. The second-order valence-electron chi connectivity index (χ2n) is 6.15. The lowest BCUT2D eigenvalue weighted by Gasteiger charge is -2.23. The smallest absolute Gasteiger partial charge is 0.431 e. The number of carbonyl (C=O) groups is 2. The zero-order valence-corrected chi connectivity index (χ0v) is 13.8. The lowest BCUT2D eigenvalue weighted by Crippen LogP contribution is -2.37. The first-order valence-electron chi connectivity index (χ1n) is 8.41. The topological polar surface area (TPSA) is 89.5 Å². The van der Waals surface area contributed by atoms with Gasteiger partial charge in [-0.2, -0.15) is 0 Å². The van der Waals surface area contributed by atoms with Gasteiger partial charge in [0.25, 0.3) is 0 Å². The molecular formula is C16H23N3O5. The van der Waals surface area contributed by atoms with Crippen molar-refractivity contribution in [3.63, 3.8) is 0 Å². The van der Waals surface area contributed by atoms with Crippen LogP contribution < -0.4 is 5.32 Å². The van der Waals surface area contributed by atoms with Gasteiger partial charge in [-0.3, -0.25) is 10.3 Å². The summed E-state index contributed by atoms with van der Waals surface area (Å²) in [5, 5.41) is 3.05. The monoisotopic (exact) mass is 337 g/mol. The third-order valence-corrected chi connectivity index (χ3v) is 4.36. The summed E-state index contributed by atoms with van der Waals surface area (Å²) in [4.78, 5) is 30.1. The van der Waals surface area contributed by atoms with Crippen molar-refractivity contribution in [3.05, 3.63) is 11.9 Å². The van der Waals surface area contributed by atoms with E-state index >= 15 is 0 Å². The summed E-state index contributed by atoms with van der Waals surface area (Å²) in [6, 6.07) is -0.595. The van der Waals surface area contributed by atoms with Crippen LogP contribution in [0.5, 0.6) is 0 Å². The van der Waals surface area contributed by atoms with E-state index in [4.69, 9.17) is 14.2 Å². The molecule has 3 aliphatic rings. The Hall–Kier alpha value is -2.09.